The molecule has 0 unspecified atom stereocenters. The van der Waals surface area contributed by atoms with Gasteiger partial charge in [-0.3, -0.25) is 4.79 Å². The lowest BCUT2D eigenvalue weighted by atomic mass is 9.90. The molecule has 1 saturated carbocycles. The molecule has 1 aromatic rings. The Morgan fingerprint density at radius 1 is 1.30 bits per heavy atom. The number of nitrogens with zero attached hydrogens (tertiary/aromatic N) is 1. The van der Waals surface area contributed by atoms with Gasteiger partial charge in [0.1, 0.15) is 6.54 Å². The van der Waals surface area contributed by atoms with Gasteiger partial charge >= 0.3 is 6.18 Å². The number of halogens is 3. The molecule has 4 nitrogen and oxygen atoms in total. The van der Waals surface area contributed by atoms with Crippen LogP contribution in [-0.2, 0) is 11.0 Å². The first-order chi connectivity index (χ1) is 10.9. The van der Waals surface area contributed by atoms with Crippen LogP contribution in [0.3, 0.4) is 0 Å². The molecule has 0 heterocycles. The van der Waals surface area contributed by atoms with Crippen LogP contribution >= 0.6 is 0 Å². The van der Waals surface area contributed by atoms with Crippen molar-refractivity contribution >= 4 is 5.91 Å². The van der Waals surface area contributed by atoms with Gasteiger partial charge in [-0.1, -0.05) is 24.6 Å². The molecule has 0 radical (unpaired) electrons. The van der Waals surface area contributed by atoms with E-state index in [2.05, 4.69) is 10.6 Å². The van der Waals surface area contributed by atoms with E-state index in [1.807, 2.05) is 0 Å². The van der Waals surface area contributed by atoms with Crippen molar-refractivity contribution < 1.29 is 18.0 Å². The second kappa shape index (κ2) is 7.47. The summed E-state index contributed by atoms with van der Waals surface area (Å²) in [6.07, 6.45) is -2.19. The Kier molecular flexibility index (Phi) is 5.61. The van der Waals surface area contributed by atoms with Gasteiger partial charge in [-0.05, 0) is 30.4 Å². The first-order valence-corrected chi connectivity index (χ1v) is 7.46. The summed E-state index contributed by atoms with van der Waals surface area (Å²) >= 11 is 0. The van der Waals surface area contributed by atoms with Crippen molar-refractivity contribution in [3.05, 3.63) is 35.4 Å². The van der Waals surface area contributed by atoms with Crippen molar-refractivity contribution in [2.75, 3.05) is 13.1 Å². The van der Waals surface area contributed by atoms with Crippen LogP contribution in [0.5, 0.6) is 0 Å². The van der Waals surface area contributed by atoms with Crippen molar-refractivity contribution in [1.29, 1.82) is 5.26 Å². The van der Waals surface area contributed by atoms with Crippen LogP contribution in [-0.4, -0.2) is 25.0 Å². The number of carbonyl (C=O) groups is 1. The summed E-state index contributed by atoms with van der Waals surface area (Å²) in [6, 6.07) is 7.24. The highest BCUT2D eigenvalue weighted by molar-refractivity contribution is 5.78. The zero-order valence-corrected chi connectivity index (χ0v) is 12.5. The minimum absolute atomic E-state index is 0.00295. The maximum atomic E-state index is 13.2. The summed E-state index contributed by atoms with van der Waals surface area (Å²) in [5, 5.41) is 13.8. The fourth-order valence-corrected chi connectivity index (χ4v) is 3.08. The number of rotatable bonds is 5. The molecule has 0 aromatic heterocycles. The maximum Gasteiger partial charge on any atom is 0.416 e. The van der Waals surface area contributed by atoms with E-state index in [1.165, 1.54) is 12.1 Å². The zero-order chi connectivity index (χ0) is 16.9. The normalized spacial score (nSPS) is 21.0. The lowest BCUT2D eigenvalue weighted by Gasteiger charge is -2.24. The first kappa shape index (κ1) is 17.3. The predicted octanol–water partition coefficient (Wildman–Crippen LogP) is 2.57. The quantitative estimate of drug-likeness (QED) is 0.818. The van der Waals surface area contributed by atoms with E-state index in [9.17, 15) is 18.0 Å². The third kappa shape index (κ3) is 4.45. The third-order valence-electron chi connectivity index (χ3n) is 4.07. The van der Waals surface area contributed by atoms with Crippen LogP contribution in [0.25, 0.3) is 0 Å². The highest BCUT2D eigenvalue weighted by Gasteiger charge is 2.38. The van der Waals surface area contributed by atoms with E-state index < -0.39 is 11.7 Å². The fraction of sp³-hybridized carbons (Fsp3) is 0.500. The Hall–Kier alpha value is -2.07. The number of nitrogens with one attached hydrogen (secondary N) is 2. The van der Waals surface area contributed by atoms with Gasteiger partial charge in [-0.15, -0.1) is 0 Å². The van der Waals surface area contributed by atoms with Crippen molar-refractivity contribution in [1.82, 2.24) is 10.6 Å². The van der Waals surface area contributed by atoms with E-state index in [0.717, 1.165) is 18.9 Å². The van der Waals surface area contributed by atoms with Gasteiger partial charge in [0.25, 0.3) is 0 Å². The van der Waals surface area contributed by atoms with E-state index in [1.54, 1.807) is 12.1 Å². The van der Waals surface area contributed by atoms with Gasteiger partial charge in [-0.2, -0.15) is 18.4 Å². The zero-order valence-electron chi connectivity index (χ0n) is 12.5. The molecule has 2 rings (SSSR count). The van der Waals surface area contributed by atoms with Crippen LogP contribution in [0.1, 0.15) is 36.3 Å². The molecule has 0 saturated heterocycles. The van der Waals surface area contributed by atoms with Gasteiger partial charge in [0, 0.05) is 6.04 Å². The first-order valence-electron chi connectivity index (χ1n) is 7.46. The summed E-state index contributed by atoms with van der Waals surface area (Å²) in [5.41, 5.74) is -0.319. The molecule has 0 bridgehead atoms. The van der Waals surface area contributed by atoms with E-state index in [-0.39, 0.29) is 36.5 Å². The topological polar surface area (TPSA) is 64.9 Å². The summed E-state index contributed by atoms with van der Waals surface area (Å²) in [5.74, 6) is -0.599. The molecule has 1 fully saturated rings. The summed E-state index contributed by atoms with van der Waals surface area (Å²) in [7, 11) is 0. The summed E-state index contributed by atoms with van der Waals surface area (Å²) < 4.78 is 39.5. The second-order valence-corrected chi connectivity index (χ2v) is 5.54. The van der Waals surface area contributed by atoms with E-state index in [4.69, 9.17) is 5.26 Å². The van der Waals surface area contributed by atoms with Gasteiger partial charge in [0.15, 0.2) is 0 Å². The second-order valence-electron chi connectivity index (χ2n) is 5.54. The smallest absolute Gasteiger partial charge is 0.342 e. The minimum atomic E-state index is -4.38. The van der Waals surface area contributed by atoms with Crippen LogP contribution in [0.2, 0.25) is 0 Å². The third-order valence-corrected chi connectivity index (χ3v) is 4.07. The molecule has 2 N–H and O–H groups in total. The molecule has 1 aromatic carbocycles. The minimum Gasteiger partial charge on any atom is -0.342 e. The van der Waals surface area contributed by atoms with Gasteiger partial charge in [-0.25, -0.2) is 0 Å². The Labute approximate surface area is 132 Å². The molecule has 2 atom stereocenters. The van der Waals surface area contributed by atoms with Crippen molar-refractivity contribution in [2.24, 2.45) is 0 Å². The highest BCUT2D eigenvalue weighted by atomic mass is 19.4. The highest BCUT2D eigenvalue weighted by Crippen LogP contribution is 2.41. The van der Waals surface area contributed by atoms with Gasteiger partial charge < -0.3 is 10.6 Å². The largest absolute Gasteiger partial charge is 0.416 e. The summed E-state index contributed by atoms with van der Waals surface area (Å²) in [4.78, 5) is 11.5. The average Bonchev–Trinajstić information content (AvgIpc) is 2.98. The molecule has 1 amide bonds. The molecular formula is C16H18F3N3O. The van der Waals surface area contributed by atoms with Gasteiger partial charge in [0.05, 0.1) is 18.2 Å². The number of amides is 1. The standard InChI is InChI=1S/C16H18F3N3O/c17-16(18,19)13-6-2-1-4-11(13)12-5-3-7-14(12)22-10-15(23)21-9-8-20/h1-2,4,6,12,14,22H,3,5,7,9-10H2,(H,21,23)/t12-,14+/m0/s1. The van der Waals surface area contributed by atoms with E-state index in [0.29, 0.717) is 6.42 Å². The predicted molar refractivity (Wildman–Crippen MR) is 78.4 cm³/mol. The number of benzene rings is 1. The molecule has 1 aliphatic carbocycles. The summed E-state index contributed by atoms with van der Waals surface area (Å²) in [6.45, 7) is -0.0808. The molecule has 7 heteroatoms. The molecule has 23 heavy (non-hydrogen) atoms. The SMILES string of the molecule is N#CCNC(=O)CN[C@@H]1CCC[C@H]1c1ccccc1C(F)(F)F. The Balaban J connectivity index is 2.08. The Morgan fingerprint density at radius 3 is 2.74 bits per heavy atom. The molecular weight excluding hydrogens is 307 g/mol. The molecule has 0 spiro atoms. The van der Waals surface area contributed by atoms with Crippen molar-refractivity contribution in [3.8, 4) is 6.07 Å². The average molecular weight is 325 g/mol. The lowest BCUT2D eigenvalue weighted by molar-refractivity contribution is -0.138. The van der Waals surface area contributed by atoms with Crippen LogP contribution in [0.15, 0.2) is 24.3 Å². The number of carbonyl (C=O) groups excluding carboxylic acids is 1. The maximum absolute atomic E-state index is 13.2. The number of hydrogen-bond acceptors (Lipinski definition) is 3. The Morgan fingerprint density at radius 2 is 2.04 bits per heavy atom. The number of hydrogen-bond donors (Lipinski definition) is 2. The monoisotopic (exact) mass is 325 g/mol. The lowest BCUT2D eigenvalue weighted by Crippen LogP contribution is -2.40. The van der Waals surface area contributed by atoms with Crippen molar-refractivity contribution in [3.63, 3.8) is 0 Å². The van der Waals surface area contributed by atoms with Crippen LogP contribution < -0.4 is 10.6 Å². The number of alkyl halides is 3. The van der Waals surface area contributed by atoms with Crippen LogP contribution in [0, 0.1) is 11.3 Å². The fourth-order valence-electron chi connectivity index (χ4n) is 3.08. The number of nitriles is 1. The Bertz CT molecular complexity index is 595. The molecule has 0 aliphatic heterocycles. The molecule has 124 valence electrons. The van der Waals surface area contributed by atoms with Crippen molar-refractivity contribution in [2.45, 2.75) is 37.4 Å². The van der Waals surface area contributed by atoms with Crippen LogP contribution in [0.4, 0.5) is 13.2 Å². The van der Waals surface area contributed by atoms with E-state index >= 15 is 0 Å². The van der Waals surface area contributed by atoms with Gasteiger partial charge in [0.2, 0.25) is 5.91 Å². The molecule has 1 aliphatic rings.